The van der Waals surface area contributed by atoms with Crippen molar-refractivity contribution in [1.82, 2.24) is 9.55 Å². The molecule has 1 unspecified atom stereocenters. The largest absolute Gasteiger partial charge is 0.395 e. The Labute approximate surface area is 94.7 Å². The SMILES string of the molecule is Cn1cc(C(C)(CN)CO)c2cccnc21. The van der Waals surface area contributed by atoms with E-state index in [0.717, 1.165) is 16.6 Å². The fourth-order valence-corrected chi connectivity index (χ4v) is 1.95. The van der Waals surface area contributed by atoms with Gasteiger partial charge in [0, 0.05) is 36.8 Å². The van der Waals surface area contributed by atoms with Gasteiger partial charge in [-0.15, -0.1) is 0 Å². The van der Waals surface area contributed by atoms with Crippen LogP contribution in [0.15, 0.2) is 24.5 Å². The molecule has 0 saturated carbocycles. The average Bonchev–Trinajstić information content (AvgIpc) is 2.67. The van der Waals surface area contributed by atoms with Gasteiger partial charge in [-0.1, -0.05) is 6.92 Å². The van der Waals surface area contributed by atoms with Crippen molar-refractivity contribution in [2.24, 2.45) is 12.8 Å². The Morgan fingerprint density at radius 1 is 1.56 bits per heavy atom. The number of nitrogens with zero attached hydrogens (tertiary/aromatic N) is 2. The van der Waals surface area contributed by atoms with E-state index in [1.54, 1.807) is 6.20 Å². The molecule has 86 valence electrons. The lowest BCUT2D eigenvalue weighted by atomic mass is 9.83. The van der Waals surface area contributed by atoms with Crippen LogP contribution in [0.4, 0.5) is 0 Å². The molecule has 0 aliphatic rings. The molecule has 0 aliphatic heterocycles. The summed E-state index contributed by atoms with van der Waals surface area (Å²) in [7, 11) is 1.95. The first-order chi connectivity index (χ1) is 7.62. The molecule has 1 atom stereocenters. The molecule has 0 aliphatic carbocycles. The topological polar surface area (TPSA) is 64.1 Å². The van der Waals surface area contributed by atoms with Crippen molar-refractivity contribution in [2.45, 2.75) is 12.3 Å². The van der Waals surface area contributed by atoms with Crippen molar-refractivity contribution in [3.63, 3.8) is 0 Å². The second-order valence-corrected chi connectivity index (χ2v) is 4.45. The van der Waals surface area contributed by atoms with Gasteiger partial charge < -0.3 is 15.4 Å². The summed E-state index contributed by atoms with van der Waals surface area (Å²) in [6, 6.07) is 3.92. The molecule has 0 spiro atoms. The molecule has 0 bridgehead atoms. The first-order valence-electron chi connectivity index (χ1n) is 5.34. The predicted molar refractivity (Wildman–Crippen MR) is 64.2 cm³/mol. The minimum Gasteiger partial charge on any atom is -0.395 e. The van der Waals surface area contributed by atoms with Crippen LogP contribution in [0.3, 0.4) is 0 Å². The minimum absolute atomic E-state index is 0.0392. The Hall–Kier alpha value is -1.39. The van der Waals surface area contributed by atoms with Crippen LogP contribution in [-0.2, 0) is 12.5 Å². The van der Waals surface area contributed by atoms with E-state index >= 15 is 0 Å². The van der Waals surface area contributed by atoms with E-state index in [0.29, 0.717) is 6.54 Å². The Morgan fingerprint density at radius 3 is 2.94 bits per heavy atom. The van der Waals surface area contributed by atoms with Gasteiger partial charge in [0.25, 0.3) is 0 Å². The molecule has 0 fully saturated rings. The van der Waals surface area contributed by atoms with Crippen LogP contribution in [0.1, 0.15) is 12.5 Å². The molecule has 4 heteroatoms. The Bertz CT molecular complexity index is 500. The minimum atomic E-state index is -0.400. The standard InChI is InChI=1S/C12H17N3O/c1-12(7-13,8-16)10-6-15(2)11-9(10)4-3-5-14-11/h3-6,16H,7-8,13H2,1-2H3. The highest BCUT2D eigenvalue weighted by Gasteiger charge is 2.27. The Kier molecular flexibility index (Phi) is 2.69. The lowest BCUT2D eigenvalue weighted by Gasteiger charge is -2.24. The first kappa shape index (κ1) is 11.1. The zero-order valence-corrected chi connectivity index (χ0v) is 9.64. The second kappa shape index (κ2) is 3.88. The van der Waals surface area contributed by atoms with Crippen LogP contribution < -0.4 is 5.73 Å². The van der Waals surface area contributed by atoms with Gasteiger partial charge in [0.05, 0.1) is 6.61 Å². The van der Waals surface area contributed by atoms with Gasteiger partial charge in [-0.2, -0.15) is 0 Å². The third kappa shape index (κ3) is 1.50. The molecule has 0 aromatic carbocycles. The van der Waals surface area contributed by atoms with Gasteiger partial charge in [0.15, 0.2) is 0 Å². The predicted octanol–water partition coefficient (Wildman–Crippen LogP) is 0.782. The maximum atomic E-state index is 9.50. The lowest BCUT2D eigenvalue weighted by Crippen LogP contribution is -2.35. The molecule has 0 amide bonds. The summed E-state index contributed by atoms with van der Waals surface area (Å²) in [4.78, 5) is 4.32. The molecule has 2 rings (SSSR count). The number of aliphatic hydroxyl groups is 1. The normalized spacial score (nSPS) is 15.2. The summed E-state index contributed by atoms with van der Waals surface area (Å²) in [6.07, 6.45) is 3.77. The van der Waals surface area contributed by atoms with Crippen molar-refractivity contribution in [2.75, 3.05) is 13.2 Å². The van der Waals surface area contributed by atoms with Crippen molar-refractivity contribution in [3.8, 4) is 0 Å². The van der Waals surface area contributed by atoms with Crippen LogP contribution in [0.2, 0.25) is 0 Å². The summed E-state index contributed by atoms with van der Waals surface area (Å²) < 4.78 is 1.97. The molecule has 0 saturated heterocycles. The van der Waals surface area contributed by atoms with E-state index in [4.69, 9.17) is 5.73 Å². The molecule has 4 nitrogen and oxygen atoms in total. The van der Waals surface area contributed by atoms with Crippen molar-refractivity contribution < 1.29 is 5.11 Å². The Balaban J connectivity index is 2.70. The van der Waals surface area contributed by atoms with Crippen LogP contribution in [-0.4, -0.2) is 27.8 Å². The smallest absolute Gasteiger partial charge is 0.139 e. The van der Waals surface area contributed by atoms with E-state index in [2.05, 4.69) is 4.98 Å². The highest BCUT2D eigenvalue weighted by atomic mass is 16.3. The number of pyridine rings is 1. The highest BCUT2D eigenvalue weighted by Crippen LogP contribution is 2.29. The van der Waals surface area contributed by atoms with E-state index in [1.165, 1.54) is 0 Å². The van der Waals surface area contributed by atoms with Gasteiger partial charge in [-0.25, -0.2) is 4.98 Å². The van der Waals surface area contributed by atoms with E-state index in [9.17, 15) is 5.11 Å². The Morgan fingerprint density at radius 2 is 2.31 bits per heavy atom. The molecule has 2 aromatic heterocycles. The van der Waals surface area contributed by atoms with Crippen molar-refractivity contribution in [3.05, 3.63) is 30.1 Å². The van der Waals surface area contributed by atoms with Gasteiger partial charge in [-0.3, -0.25) is 0 Å². The summed E-state index contributed by atoms with van der Waals surface area (Å²) in [6.45, 7) is 2.42. The number of aromatic nitrogens is 2. The van der Waals surface area contributed by atoms with Gasteiger partial charge in [-0.05, 0) is 17.7 Å². The summed E-state index contributed by atoms with van der Waals surface area (Å²) in [5.74, 6) is 0. The van der Waals surface area contributed by atoms with Crippen molar-refractivity contribution >= 4 is 11.0 Å². The molecule has 3 N–H and O–H groups in total. The van der Waals surface area contributed by atoms with E-state index < -0.39 is 5.41 Å². The summed E-state index contributed by atoms with van der Waals surface area (Å²) in [5.41, 5.74) is 7.34. The average molecular weight is 219 g/mol. The molecule has 2 heterocycles. The monoisotopic (exact) mass is 219 g/mol. The molecule has 16 heavy (non-hydrogen) atoms. The maximum absolute atomic E-state index is 9.50. The fraction of sp³-hybridized carbons (Fsp3) is 0.417. The number of rotatable bonds is 3. The summed E-state index contributed by atoms with van der Waals surface area (Å²) >= 11 is 0. The second-order valence-electron chi connectivity index (χ2n) is 4.45. The quantitative estimate of drug-likeness (QED) is 0.802. The van der Waals surface area contributed by atoms with Gasteiger partial charge in [0.1, 0.15) is 5.65 Å². The molecule has 2 aromatic rings. The number of hydrogen-bond donors (Lipinski definition) is 2. The first-order valence-corrected chi connectivity index (χ1v) is 5.34. The molecular formula is C12H17N3O. The number of aryl methyl sites for hydroxylation is 1. The number of fused-ring (bicyclic) bond motifs is 1. The van der Waals surface area contributed by atoms with E-state index in [-0.39, 0.29) is 6.61 Å². The molecular weight excluding hydrogens is 202 g/mol. The van der Waals surface area contributed by atoms with Gasteiger partial charge in [0.2, 0.25) is 0 Å². The maximum Gasteiger partial charge on any atom is 0.139 e. The molecule has 0 radical (unpaired) electrons. The lowest BCUT2D eigenvalue weighted by molar-refractivity contribution is 0.211. The van der Waals surface area contributed by atoms with Crippen LogP contribution in [0.25, 0.3) is 11.0 Å². The van der Waals surface area contributed by atoms with Crippen LogP contribution in [0, 0.1) is 0 Å². The van der Waals surface area contributed by atoms with Gasteiger partial charge >= 0.3 is 0 Å². The van der Waals surface area contributed by atoms with Crippen LogP contribution >= 0.6 is 0 Å². The highest BCUT2D eigenvalue weighted by molar-refractivity contribution is 5.81. The zero-order valence-electron chi connectivity index (χ0n) is 9.64. The fourth-order valence-electron chi connectivity index (χ4n) is 1.95. The number of aliphatic hydroxyl groups excluding tert-OH is 1. The number of hydrogen-bond acceptors (Lipinski definition) is 3. The van der Waals surface area contributed by atoms with E-state index in [1.807, 2.05) is 36.9 Å². The van der Waals surface area contributed by atoms with Crippen LogP contribution in [0.5, 0.6) is 0 Å². The van der Waals surface area contributed by atoms with Crippen molar-refractivity contribution in [1.29, 1.82) is 0 Å². The third-order valence-electron chi connectivity index (χ3n) is 3.18. The zero-order chi connectivity index (χ0) is 11.8. The summed E-state index contributed by atoms with van der Waals surface area (Å²) in [5, 5.41) is 10.6. The third-order valence-corrected chi connectivity index (χ3v) is 3.18. The number of nitrogens with two attached hydrogens (primary N) is 1.